The first kappa shape index (κ1) is 18.2. The number of piperidine rings is 1. The van der Waals surface area contributed by atoms with Crippen LogP contribution in [0.25, 0.3) is 10.6 Å². The summed E-state index contributed by atoms with van der Waals surface area (Å²) in [4.78, 5) is 19.2. The number of fused-ring (bicyclic) bond motifs is 1. The molecule has 27 heavy (non-hydrogen) atoms. The van der Waals surface area contributed by atoms with Crippen LogP contribution in [0, 0.1) is 5.92 Å². The summed E-state index contributed by atoms with van der Waals surface area (Å²) in [5.74, 6) is 0.353. The number of allylic oxidation sites excluding steroid dienone is 2. The van der Waals surface area contributed by atoms with Gasteiger partial charge in [-0.05, 0) is 50.2 Å². The number of amides is 1. The molecule has 0 radical (unpaired) electrons. The summed E-state index contributed by atoms with van der Waals surface area (Å²) in [6, 6.07) is 4.88. The standard InChI is InChI=1S/C20H19F3N2OS/c21-20(22,23)15-9-7-14(8-10-15)18-24-16(12-27-18)19(26)25-11-3-5-13-4-1-2-6-17(13)25/h6-10,12-13H,1-5,11H2. The molecule has 0 spiro atoms. The summed E-state index contributed by atoms with van der Waals surface area (Å²) < 4.78 is 38.1. The first-order chi connectivity index (χ1) is 12.9. The minimum Gasteiger partial charge on any atom is -0.311 e. The minimum absolute atomic E-state index is 0.109. The number of nitrogens with zero attached hydrogens (tertiary/aromatic N) is 2. The van der Waals surface area contributed by atoms with Crippen molar-refractivity contribution >= 4 is 17.2 Å². The van der Waals surface area contributed by atoms with Crippen LogP contribution in [0.5, 0.6) is 0 Å². The highest BCUT2D eigenvalue weighted by Crippen LogP contribution is 2.36. The Morgan fingerprint density at radius 2 is 1.89 bits per heavy atom. The van der Waals surface area contributed by atoms with Crippen molar-refractivity contribution in [2.45, 2.75) is 38.3 Å². The lowest BCUT2D eigenvalue weighted by Crippen LogP contribution is -2.39. The second kappa shape index (κ2) is 7.11. The Morgan fingerprint density at radius 1 is 1.15 bits per heavy atom. The van der Waals surface area contributed by atoms with E-state index in [9.17, 15) is 18.0 Å². The number of hydrogen-bond acceptors (Lipinski definition) is 3. The molecular formula is C20H19F3N2OS. The highest BCUT2D eigenvalue weighted by Gasteiger charge is 2.32. The molecule has 1 fully saturated rings. The number of likely N-dealkylation sites (tertiary alicyclic amines) is 1. The molecule has 0 N–H and O–H groups in total. The fourth-order valence-corrected chi connectivity index (χ4v) is 4.64. The van der Waals surface area contributed by atoms with Crippen molar-refractivity contribution < 1.29 is 18.0 Å². The van der Waals surface area contributed by atoms with Crippen molar-refractivity contribution in [2.75, 3.05) is 6.54 Å². The van der Waals surface area contributed by atoms with E-state index in [-0.39, 0.29) is 5.91 Å². The van der Waals surface area contributed by atoms with Gasteiger partial charge in [-0.25, -0.2) is 4.98 Å². The molecule has 1 aromatic carbocycles. The summed E-state index contributed by atoms with van der Waals surface area (Å²) in [6.45, 7) is 0.703. The van der Waals surface area contributed by atoms with Gasteiger partial charge in [0.25, 0.3) is 5.91 Å². The fraction of sp³-hybridized carbons (Fsp3) is 0.400. The molecule has 0 saturated carbocycles. The number of benzene rings is 1. The summed E-state index contributed by atoms with van der Waals surface area (Å²) >= 11 is 1.28. The van der Waals surface area contributed by atoms with Crippen LogP contribution < -0.4 is 0 Å². The van der Waals surface area contributed by atoms with Gasteiger partial charge in [-0.2, -0.15) is 13.2 Å². The molecule has 1 aromatic heterocycles. The van der Waals surface area contributed by atoms with E-state index in [4.69, 9.17) is 0 Å². The zero-order valence-corrected chi connectivity index (χ0v) is 15.4. The van der Waals surface area contributed by atoms with Crippen molar-refractivity contribution in [2.24, 2.45) is 5.92 Å². The van der Waals surface area contributed by atoms with Crippen LogP contribution in [-0.4, -0.2) is 22.3 Å². The number of aromatic nitrogens is 1. The topological polar surface area (TPSA) is 33.2 Å². The van der Waals surface area contributed by atoms with Crippen LogP contribution in [0.2, 0.25) is 0 Å². The monoisotopic (exact) mass is 392 g/mol. The number of hydrogen-bond donors (Lipinski definition) is 0. The largest absolute Gasteiger partial charge is 0.416 e. The number of halogens is 3. The van der Waals surface area contributed by atoms with Gasteiger partial charge in [0.1, 0.15) is 10.7 Å². The van der Waals surface area contributed by atoms with E-state index in [0.29, 0.717) is 28.7 Å². The van der Waals surface area contributed by atoms with Crippen molar-refractivity contribution in [3.05, 3.63) is 52.7 Å². The Balaban J connectivity index is 1.55. The van der Waals surface area contributed by atoms with Gasteiger partial charge in [0.05, 0.1) is 5.56 Å². The lowest BCUT2D eigenvalue weighted by Gasteiger charge is -2.37. The van der Waals surface area contributed by atoms with Gasteiger partial charge in [-0.15, -0.1) is 11.3 Å². The second-order valence-electron chi connectivity index (χ2n) is 6.97. The van der Waals surface area contributed by atoms with E-state index in [1.807, 2.05) is 4.90 Å². The Labute approximate surface area is 159 Å². The lowest BCUT2D eigenvalue weighted by molar-refractivity contribution is -0.137. The number of carbonyl (C=O) groups is 1. The Hall–Kier alpha value is -2.15. The van der Waals surface area contributed by atoms with Gasteiger partial charge >= 0.3 is 6.18 Å². The predicted molar refractivity (Wildman–Crippen MR) is 98.2 cm³/mol. The summed E-state index contributed by atoms with van der Waals surface area (Å²) in [5.41, 5.74) is 1.38. The maximum Gasteiger partial charge on any atom is 0.416 e. The molecule has 3 nitrogen and oxygen atoms in total. The molecule has 1 atom stereocenters. The van der Waals surface area contributed by atoms with Crippen molar-refractivity contribution in [3.63, 3.8) is 0 Å². The average Bonchev–Trinajstić information content (AvgIpc) is 3.16. The van der Waals surface area contributed by atoms with Gasteiger partial charge < -0.3 is 4.90 Å². The predicted octanol–water partition coefficient (Wildman–Crippen LogP) is 5.75. The normalized spacial score (nSPS) is 20.2. The van der Waals surface area contributed by atoms with Crippen LogP contribution in [0.4, 0.5) is 13.2 Å². The zero-order chi connectivity index (χ0) is 19.0. The van der Waals surface area contributed by atoms with Crippen molar-refractivity contribution in [1.29, 1.82) is 0 Å². The van der Waals surface area contributed by atoms with Crippen LogP contribution in [0.1, 0.15) is 48.2 Å². The average molecular weight is 392 g/mol. The maximum absolute atomic E-state index is 13.0. The van der Waals surface area contributed by atoms with E-state index >= 15 is 0 Å². The maximum atomic E-state index is 13.0. The first-order valence-corrected chi connectivity index (χ1v) is 9.96. The number of alkyl halides is 3. The highest BCUT2D eigenvalue weighted by molar-refractivity contribution is 7.13. The third-order valence-corrected chi connectivity index (χ3v) is 6.09. The number of thiazole rings is 1. The molecule has 2 aromatic rings. The van der Waals surface area contributed by atoms with E-state index in [1.165, 1.54) is 29.9 Å². The third-order valence-electron chi connectivity index (χ3n) is 5.20. The minimum atomic E-state index is -4.36. The fourth-order valence-electron chi connectivity index (χ4n) is 3.84. The summed E-state index contributed by atoms with van der Waals surface area (Å²) in [6.07, 6.45) is 3.24. The molecule has 2 aliphatic rings. The Kier molecular flexibility index (Phi) is 4.80. The first-order valence-electron chi connectivity index (χ1n) is 9.08. The van der Waals surface area contributed by atoms with Crippen LogP contribution in [0.3, 0.4) is 0 Å². The molecule has 1 aliphatic carbocycles. The molecule has 1 unspecified atom stereocenters. The molecular weight excluding hydrogens is 373 g/mol. The van der Waals surface area contributed by atoms with E-state index < -0.39 is 11.7 Å². The van der Waals surface area contributed by atoms with Gasteiger partial charge in [0.2, 0.25) is 0 Å². The molecule has 4 rings (SSSR count). The van der Waals surface area contributed by atoms with Gasteiger partial charge in [-0.3, -0.25) is 4.79 Å². The zero-order valence-electron chi connectivity index (χ0n) is 14.6. The summed E-state index contributed by atoms with van der Waals surface area (Å²) in [7, 11) is 0. The second-order valence-corrected chi connectivity index (χ2v) is 7.83. The molecule has 1 aliphatic heterocycles. The molecule has 2 heterocycles. The molecule has 142 valence electrons. The van der Waals surface area contributed by atoms with Gasteiger partial charge in [-0.1, -0.05) is 18.2 Å². The highest BCUT2D eigenvalue weighted by atomic mass is 32.1. The van der Waals surface area contributed by atoms with Crippen LogP contribution in [-0.2, 0) is 6.18 Å². The van der Waals surface area contributed by atoms with E-state index in [1.54, 1.807) is 5.38 Å². The van der Waals surface area contributed by atoms with Crippen LogP contribution in [0.15, 0.2) is 41.4 Å². The van der Waals surface area contributed by atoms with Crippen LogP contribution >= 0.6 is 11.3 Å². The lowest BCUT2D eigenvalue weighted by atomic mass is 9.85. The molecule has 1 amide bonds. The van der Waals surface area contributed by atoms with Gasteiger partial charge in [0, 0.05) is 23.2 Å². The number of carbonyl (C=O) groups excluding carboxylic acids is 1. The van der Waals surface area contributed by atoms with Crippen molar-refractivity contribution in [1.82, 2.24) is 9.88 Å². The third kappa shape index (κ3) is 3.65. The quantitative estimate of drug-likeness (QED) is 0.652. The molecule has 0 bridgehead atoms. The van der Waals surface area contributed by atoms with E-state index in [2.05, 4.69) is 11.1 Å². The van der Waals surface area contributed by atoms with Gasteiger partial charge in [0.15, 0.2) is 0 Å². The molecule has 7 heteroatoms. The molecule has 1 saturated heterocycles. The van der Waals surface area contributed by atoms with E-state index in [0.717, 1.165) is 43.5 Å². The Morgan fingerprint density at radius 3 is 2.63 bits per heavy atom. The summed E-state index contributed by atoms with van der Waals surface area (Å²) in [5, 5.41) is 2.25. The SMILES string of the molecule is O=C(c1csc(-c2ccc(C(F)(F)F)cc2)n1)N1CCCC2CCCC=C21. The number of rotatable bonds is 2. The Bertz CT molecular complexity index is 870. The smallest absolute Gasteiger partial charge is 0.311 e. The van der Waals surface area contributed by atoms with Crippen molar-refractivity contribution in [3.8, 4) is 10.6 Å².